The highest BCUT2D eigenvalue weighted by Crippen LogP contribution is 2.30. The summed E-state index contributed by atoms with van der Waals surface area (Å²) in [5.74, 6) is -0.636. The quantitative estimate of drug-likeness (QED) is 0.743. The molecule has 0 bridgehead atoms. The molecule has 0 aliphatic carbocycles. The van der Waals surface area contributed by atoms with Crippen molar-refractivity contribution >= 4 is 41.0 Å². The van der Waals surface area contributed by atoms with E-state index in [0.717, 1.165) is 11.8 Å². The summed E-state index contributed by atoms with van der Waals surface area (Å²) in [5, 5.41) is 9.74. The monoisotopic (exact) mass is 296 g/mol. The van der Waals surface area contributed by atoms with E-state index >= 15 is 0 Å². The van der Waals surface area contributed by atoms with Crippen LogP contribution < -0.4 is 11.5 Å². The zero-order valence-electron chi connectivity index (χ0n) is 9.50. The molecule has 0 saturated heterocycles. The first-order chi connectivity index (χ1) is 8.95. The zero-order valence-corrected chi connectivity index (χ0v) is 11.1. The van der Waals surface area contributed by atoms with E-state index < -0.39 is 5.97 Å². The van der Waals surface area contributed by atoms with Crippen molar-refractivity contribution in [1.29, 1.82) is 0 Å². The summed E-state index contributed by atoms with van der Waals surface area (Å²) >= 11 is 6.83. The minimum absolute atomic E-state index is 0.0714. The van der Waals surface area contributed by atoms with Gasteiger partial charge in [0.1, 0.15) is 11.6 Å². The molecule has 1 aromatic carbocycles. The maximum atomic E-state index is 11.1. The highest BCUT2D eigenvalue weighted by Gasteiger charge is 2.13. The molecule has 0 fully saturated rings. The van der Waals surface area contributed by atoms with Crippen molar-refractivity contribution in [2.75, 3.05) is 11.5 Å². The van der Waals surface area contributed by atoms with Gasteiger partial charge in [-0.25, -0.2) is 14.8 Å². The maximum absolute atomic E-state index is 11.1. The molecule has 0 atom stereocenters. The fourth-order valence-corrected chi connectivity index (χ4v) is 2.43. The van der Waals surface area contributed by atoms with Gasteiger partial charge >= 0.3 is 5.97 Å². The number of nitrogens with two attached hydrogens (primary N) is 2. The number of rotatable bonds is 3. The highest BCUT2D eigenvalue weighted by molar-refractivity contribution is 7.99. The Labute approximate surface area is 117 Å². The van der Waals surface area contributed by atoms with Crippen LogP contribution in [0.2, 0.25) is 5.02 Å². The molecule has 2 aromatic rings. The Hall–Kier alpha value is -1.99. The van der Waals surface area contributed by atoms with E-state index in [9.17, 15) is 4.79 Å². The minimum atomic E-state index is -1.08. The summed E-state index contributed by atoms with van der Waals surface area (Å²) in [6.07, 6.45) is 0. The van der Waals surface area contributed by atoms with Crippen LogP contribution in [-0.4, -0.2) is 21.0 Å². The van der Waals surface area contributed by atoms with Gasteiger partial charge in [-0.1, -0.05) is 11.6 Å². The van der Waals surface area contributed by atoms with E-state index in [0.29, 0.717) is 9.92 Å². The number of hydrogen-bond acceptors (Lipinski definition) is 6. The van der Waals surface area contributed by atoms with Crippen LogP contribution >= 0.6 is 23.4 Å². The van der Waals surface area contributed by atoms with Gasteiger partial charge in [0.15, 0.2) is 5.16 Å². The number of carboxylic acids is 1. The summed E-state index contributed by atoms with van der Waals surface area (Å²) in [7, 11) is 0. The first-order valence-corrected chi connectivity index (χ1v) is 6.26. The van der Waals surface area contributed by atoms with E-state index in [2.05, 4.69) is 9.97 Å². The fourth-order valence-electron chi connectivity index (χ4n) is 1.36. The Morgan fingerprint density at radius 2 is 1.84 bits per heavy atom. The molecule has 0 spiro atoms. The average Bonchev–Trinajstić information content (AvgIpc) is 2.30. The van der Waals surface area contributed by atoms with Gasteiger partial charge in [0, 0.05) is 16.0 Å². The molecule has 6 nitrogen and oxygen atoms in total. The molecule has 1 aromatic heterocycles. The van der Waals surface area contributed by atoms with Gasteiger partial charge < -0.3 is 16.6 Å². The molecule has 5 N–H and O–H groups in total. The number of hydrogen-bond donors (Lipinski definition) is 3. The van der Waals surface area contributed by atoms with Gasteiger partial charge in [0.25, 0.3) is 0 Å². The number of halogens is 1. The van der Waals surface area contributed by atoms with Crippen LogP contribution in [0, 0.1) is 0 Å². The fraction of sp³-hybridized carbons (Fsp3) is 0. The normalized spacial score (nSPS) is 10.4. The Morgan fingerprint density at radius 1 is 1.21 bits per heavy atom. The van der Waals surface area contributed by atoms with Crippen LogP contribution in [0.1, 0.15) is 10.4 Å². The molecule has 19 heavy (non-hydrogen) atoms. The van der Waals surface area contributed by atoms with Gasteiger partial charge in [-0.05, 0) is 30.0 Å². The second-order valence-electron chi connectivity index (χ2n) is 3.55. The second-order valence-corrected chi connectivity index (χ2v) is 4.99. The van der Waals surface area contributed by atoms with Crippen LogP contribution in [0.4, 0.5) is 11.6 Å². The van der Waals surface area contributed by atoms with Crippen molar-refractivity contribution < 1.29 is 9.90 Å². The van der Waals surface area contributed by atoms with Gasteiger partial charge in [-0.2, -0.15) is 0 Å². The number of aromatic carboxylic acids is 1. The lowest BCUT2D eigenvalue weighted by molar-refractivity contribution is 0.0693. The van der Waals surface area contributed by atoms with E-state index in [4.69, 9.17) is 28.2 Å². The Bertz CT molecular complexity index is 630. The molecule has 0 radical (unpaired) electrons. The first kappa shape index (κ1) is 13.4. The van der Waals surface area contributed by atoms with Crippen LogP contribution in [0.25, 0.3) is 0 Å². The van der Waals surface area contributed by atoms with Crippen molar-refractivity contribution in [2.45, 2.75) is 10.1 Å². The molecule has 8 heteroatoms. The summed E-state index contributed by atoms with van der Waals surface area (Å²) in [6, 6.07) is 5.96. The minimum Gasteiger partial charge on any atom is -0.478 e. The number of carboxylic acid groups (broad SMARTS) is 1. The number of anilines is 2. The lowest BCUT2D eigenvalue weighted by Gasteiger charge is -2.06. The number of benzene rings is 1. The maximum Gasteiger partial charge on any atom is 0.336 e. The van der Waals surface area contributed by atoms with Crippen molar-refractivity contribution in [1.82, 2.24) is 9.97 Å². The highest BCUT2D eigenvalue weighted by atomic mass is 35.5. The molecule has 0 aliphatic rings. The Kier molecular flexibility index (Phi) is 3.77. The van der Waals surface area contributed by atoms with Crippen LogP contribution in [0.3, 0.4) is 0 Å². The summed E-state index contributed by atoms with van der Waals surface area (Å²) < 4.78 is 0. The molecule has 2 rings (SSSR count). The molecular weight excluding hydrogens is 288 g/mol. The third-order valence-corrected chi connectivity index (χ3v) is 3.29. The molecule has 0 unspecified atom stereocenters. The van der Waals surface area contributed by atoms with Crippen LogP contribution in [0.15, 0.2) is 34.3 Å². The second kappa shape index (κ2) is 5.33. The largest absolute Gasteiger partial charge is 0.478 e. The third-order valence-electron chi connectivity index (χ3n) is 2.12. The molecule has 0 amide bonds. The van der Waals surface area contributed by atoms with E-state index in [1.165, 1.54) is 12.1 Å². The van der Waals surface area contributed by atoms with E-state index in [1.54, 1.807) is 12.1 Å². The predicted octanol–water partition coefficient (Wildman–Crippen LogP) is 2.14. The van der Waals surface area contributed by atoms with E-state index in [1.807, 2.05) is 0 Å². The number of aromatic nitrogens is 2. The molecule has 0 aliphatic heterocycles. The summed E-state index contributed by atoms with van der Waals surface area (Å²) in [4.78, 5) is 19.5. The van der Waals surface area contributed by atoms with Crippen molar-refractivity contribution in [3.05, 3.63) is 34.9 Å². The number of carbonyl (C=O) groups is 1. The predicted molar refractivity (Wildman–Crippen MR) is 73.4 cm³/mol. The topological polar surface area (TPSA) is 115 Å². The summed E-state index contributed by atoms with van der Waals surface area (Å²) in [5.41, 5.74) is 11.2. The first-order valence-electron chi connectivity index (χ1n) is 5.06. The third kappa shape index (κ3) is 3.27. The SMILES string of the molecule is Nc1cc(N)nc(Sc2ccc(Cl)cc2C(=O)O)n1. The van der Waals surface area contributed by atoms with Gasteiger partial charge in [-0.15, -0.1) is 0 Å². The lowest BCUT2D eigenvalue weighted by Crippen LogP contribution is -2.01. The molecular formula is C11H9ClN4O2S. The smallest absolute Gasteiger partial charge is 0.336 e. The number of nitrogens with zero attached hydrogens (tertiary/aromatic N) is 2. The Morgan fingerprint density at radius 3 is 2.42 bits per heavy atom. The van der Waals surface area contributed by atoms with Gasteiger partial charge in [-0.3, -0.25) is 0 Å². The summed E-state index contributed by atoms with van der Waals surface area (Å²) in [6.45, 7) is 0. The lowest BCUT2D eigenvalue weighted by atomic mass is 10.2. The van der Waals surface area contributed by atoms with Gasteiger partial charge in [0.05, 0.1) is 5.56 Å². The molecule has 1 heterocycles. The van der Waals surface area contributed by atoms with Crippen LogP contribution in [-0.2, 0) is 0 Å². The average molecular weight is 297 g/mol. The van der Waals surface area contributed by atoms with Crippen LogP contribution in [0.5, 0.6) is 0 Å². The standard InChI is InChI=1S/C11H9ClN4O2S/c12-5-1-2-7(6(3-5)10(17)18)19-11-15-8(13)4-9(14)16-11/h1-4H,(H,17,18)(H4,13,14,15,16). The van der Waals surface area contributed by atoms with Crippen molar-refractivity contribution in [2.24, 2.45) is 0 Å². The number of nitrogen functional groups attached to an aromatic ring is 2. The zero-order chi connectivity index (χ0) is 14.0. The molecule has 98 valence electrons. The molecule has 0 saturated carbocycles. The van der Waals surface area contributed by atoms with Crippen molar-refractivity contribution in [3.63, 3.8) is 0 Å². The van der Waals surface area contributed by atoms with Gasteiger partial charge in [0.2, 0.25) is 0 Å². The van der Waals surface area contributed by atoms with Crippen molar-refractivity contribution in [3.8, 4) is 0 Å². The van der Waals surface area contributed by atoms with E-state index in [-0.39, 0.29) is 22.4 Å². The Balaban J connectivity index is 2.40.